The van der Waals surface area contributed by atoms with Crippen LogP contribution in [0.1, 0.15) is 65.7 Å². The number of hydrogen-bond donors (Lipinski definition) is 1. The summed E-state index contributed by atoms with van der Waals surface area (Å²) in [5, 5.41) is 3.77. The molecule has 15 heavy (non-hydrogen) atoms. The quantitative estimate of drug-likeness (QED) is 0.700. The molecule has 1 atom stereocenters. The Bertz CT molecular complexity index is 147. The molecule has 0 bridgehead atoms. The first-order valence-electron chi connectivity index (χ1n) is 6.97. The van der Waals surface area contributed by atoms with Gasteiger partial charge in [-0.05, 0) is 44.1 Å². The van der Waals surface area contributed by atoms with Crippen molar-refractivity contribution in [1.82, 2.24) is 5.32 Å². The molecule has 1 saturated carbocycles. The Hall–Kier alpha value is -0.0400. The summed E-state index contributed by atoms with van der Waals surface area (Å²) in [5.74, 6) is 1.80. The van der Waals surface area contributed by atoms with Gasteiger partial charge in [0.15, 0.2) is 0 Å². The Kier molecular flexibility index (Phi) is 6.31. The molecule has 0 aromatic rings. The van der Waals surface area contributed by atoms with Gasteiger partial charge in [-0.3, -0.25) is 0 Å². The van der Waals surface area contributed by atoms with E-state index in [0.717, 1.165) is 17.9 Å². The first-order chi connectivity index (χ1) is 7.24. The Morgan fingerprint density at radius 1 is 1.13 bits per heavy atom. The van der Waals surface area contributed by atoms with Crippen molar-refractivity contribution in [2.24, 2.45) is 11.8 Å². The fraction of sp³-hybridized carbons (Fsp3) is 1.00. The highest BCUT2D eigenvalue weighted by atomic mass is 14.9. The Morgan fingerprint density at radius 3 is 2.33 bits per heavy atom. The van der Waals surface area contributed by atoms with Crippen LogP contribution in [0, 0.1) is 11.8 Å². The summed E-state index contributed by atoms with van der Waals surface area (Å²) in [4.78, 5) is 0. The Labute approximate surface area is 96.0 Å². The Morgan fingerprint density at radius 2 is 1.80 bits per heavy atom. The van der Waals surface area contributed by atoms with E-state index in [1.165, 1.54) is 51.5 Å². The van der Waals surface area contributed by atoms with Crippen LogP contribution in [-0.4, -0.2) is 12.6 Å². The lowest BCUT2D eigenvalue weighted by atomic mass is 9.81. The molecular formula is C14H29N. The van der Waals surface area contributed by atoms with Crippen molar-refractivity contribution in [3.63, 3.8) is 0 Å². The van der Waals surface area contributed by atoms with Crippen LogP contribution >= 0.6 is 0 Å². The number of nitrogens with one attached hydrogen (secondary N) is 1. The zero-order valence-corrected chi connectivity index (χ0v) is 10.9. The van der Waals surface area contributed by atoms with Crippen LogP contribution in [0.5, 0.6) is 0 Å². The summed E-state index contributed by atoms with van der Waals surface area (Å²) >= 11 is 0. The third-order valence-electron chi connectivity index (χ3n) is 3.60. The summed E-state index contributed by atoms with van der Waals surface area (Å²) in [7, 11) is 0. The van der Waals surface area contributed by atoms with E-state index in [2.05, 4.69) is 26.1 Å². The van der Waals surface area contributed by atoms with Gasteiger partial charge in [0, 0.05) is 6.04 Å². The van der Waals surface area contributed by atoms with Gasteiger partial charge >= 0.3 is 0 Å². The van der Waals surface area contributed by atoms with Gasteiger partial charge in [0.25, 0.3) is 0 Å². The maximum absolute atomic E-state index is 3.77. The lowest BCUT2D eigenvalue weighted by Gasteiger charge is -2.32. The predicted molar refractivity (Wildman–Crippen MR) is 68.1 cm³/mol. The van der Waals surface area contributed by atoms with Crippen molar-refractivity contribution in [1.29, 1.82) is 0 Å². The minimum absolute atomic E-state index is 0.797. The van der Waals surface area contributed by atoms with Gasteiger partial charge in [-0.2, -0.15) is 0 Å². The number of hydrogen-bond acceptors (Lipinski definition) is 1. The maximum atomic E-state index is 3.77. The molecule has 90 valence electrons. The van der Waals surface area contributed by atoms with E-state index in [9.17, 15) is 0 Å². The molecule has 0 amide bonds. The first-order valence-corrected chi connectivity index (χ1v) is 6.97. The van der Waals surface area contributed by atoms with Crippen molar-refractivity contribution in [2.75, 3.05) is 6.54 Å². The van der Waals surface area contributed by atoms with Gasteiger partial charge in [-0.1, -0.05) is 40.0 Å². The molecule has 1 heteroatoms. The summed E-state index contributed by atoms with van der Waals surface area (Å²) in [6.07, 6.45) is 9.97. The molecule has 0 spiro atoms. The lowest BCUT2D eigenvalue weighted by molar-refractivity contribution is 0.242. The van der Waals surface area contributed by atoms with Gasteiger partial charge in [-0.25, -0.2) is 0 Å². The molecule has 1 fully saturated rings. The molecule has 1 unspecified atom stereocenters. The van der Waals surface area contributed by atoms with Crippen molar-refractivity contribution < 1.29 is 0 Å². The second kappa shape index (κ2) is 7.27. The summed E-state index contributed by atoms with van der Waals surface area (Å²) < 4.78 is 0. The van der Waals surface area contributed by atoms with Gasteiger partial charge in [0.1, 0.15) is 0 Å². The normalized spacial score (nSPS) is 20.8. The molecule has 1 aliphatic carbocycles. The minimum Gasteiger partial charge on any atom is -0.314 e. The standard InChI is InChI=1S/C14H29N/c1-4-10-15-14(11-12(2)3)13-8-6-5-7-9-13/h12-15H,4-11H2,1-3H3. The summed E-state index contributed by atoms with van der Waals surface area (Å²) in [5.41, 5.74) is 0. The van der Waals surface area contributed by atoms with Gasteiger partial charge in [0.2, 0.25) is 0 Å². The summed E-state index contributed by atoms with van der Waals surface area (Å²) in [6, 6.07) is 0.797. The van der Waals surface area contributed by atoms with E-state index < -0.39 is 0 Å². The molecule has 1 aliphatic rings. The molecule has 1 rings (SSSR count). The zero-order chi connectivity index (χ0) is 11.1. The third-order valence-corrected chi connectivity index (χ3v) is 3.60. The SMILES string of the molecule is CCCNC(CC(C)C)C1CCCCC1. The summed E-state index contributed by atoms with van der Waals surface area (Å²) in [6.45, 7) is 8.17. The van der Waals surface area contributed by atoms with Crippen LogP contribution in [-0.2, 0) is 0 Å². The molecule has 0 saturated heterocycles. The largest absolute Gasteiger partial charge is 0.314 e. The van der Waals surface area contributed by atoms with Crippen molar-refractivity contribution in [3.8, 4) is 0 Å². The molecular weight excluding hydrogens is 182 g/mol. The number of rotatable bonds is 6. The highest BCUT2D eigenvalue weighted by Crippen LogP contribution is 2.29. The van der Waals surface area contributed by atoms with E-state index in [4.69, 9.17) is 0 Å². The highest BCUT2D eigenvalue weighted by molar-refractivity contribution is 4.80. The molecule has 1 nitrogen and oxygen atoms in total. The van der Waals surface area contributed by atoms with Crippen molar-refractivity contribution in [2.45, 2.75) is 71.8 Å². The zero-order valence-electron chi connectivity index (χ0n) is 10.9. The van der Waals surface area contributed by atoms with Crippen LogP contribution in [0.25, 0.3) is 0 Å². The van der Waals surface area contributed by atoms with E-state index >= 15 is 0 Å². The smallest absolute Gasteiger partial charge is 0.00977 e. The Balaban J connectivity index is 2.37. The second-order valence-corrected chi connectivity index (χ2v) is 5.59. The average molecular weight is 211 g/mol. The van der Waals surface area contributed by atoms with E-state index in [1.807, 2.05) is 0 Å². The minimum atomic E-state index is 0.797. The molecule has 0 heterocycles. The van der Waals surface area contributed by atoms with Crippen molar-refractivity contribution in [3.05, 3.63) is 0 Å². The van der Waals surface area contributed by atoms with Gasteiger partial charge in [0.05, 0.1) is 0 Å². The molecule has 0 radical (unpaired) electrons. The molecule has 1 N–H and O–H groups in total. The fourth-order valence-electron chi connectivity index (χ4n) is 2.82. The predicted octanol–water partition coefficient (Wildman–Crippen LogP) is 3.98. The fourth-order valence-corrected chi connectivity index (χ4v) is 2.82. The van der Waals surface area contributed by atoms with Gasteiger partial charge in [-0.15, -0.1) is 0 Å². The van der Waals surface area contributed by atoms with Crippen LogP contribution in [0.2, 0.25) is 0 Å². The third kappa shape index (κ3) is 5.01. The van der Waals surface area contributed by atoms with Crippen LogP contribution in [0.4, 0.5) is 0 Å². The van der Waals surface area contributed by atoms with Crippen LogP contribution in [0.15, 0.2) is 0 Å². The monoisotopic (exact) mass is 211 g/mol. The van der Waals surface area contributed by atoms with E-state index in [-0.39, 0.29) is 0 Å². The second-order valence-electron chi connectivity index (χ2n) is 5.59. The topological polar surface area (TPSA) is 12.0 Å². The van der Waals surface area contributed by atoms with E-state index in [0.29, 0.717) is 0 Å². The van der Waals surface area contributed by atoms with Crippen LogP contribution < -0.4 is 5.32 Å². The van der Waals surface area contributed by atoms with Crippen LogP contribution in [0.3, 0.4) is 0 Å². The maximum Gasteiger partial charge on any atom is 0.00977 e. The first kappa shape index (κ1) is 13.0. The van der Waals surface area contributed by atoms with Crippen molar-refractivity contribution >= 4 is 0 Å². The van der Waals surface area contributed by atoms with E-state index in [1.54, 1.807) is 0 Å². The lowest BCUT2D eigenvalue weighted by Crippen LogP contribution is -2.38. The molecule has 0 aliphatic heterocycles. The average Bonchev–Trinajstić information content (AvgIpc) is 2.25. The highest BCUT2D eigenvalue weighted by Gasteiger charge is 2.23. The molecule has 0 aromatic carbocycles. The van der Waals surface area contributed by atoms with Gasteiger partial charge < -0.3 is 5.32 Å². The molecule has 0 aromatic heterocycles.